The Morgan fingerprint density at radius 1 is 1.57 bits per heavy atom. The highest BCUT2D eigenvalue weighted by Gasteiger charge is 2.00. The van der Waals surface area contributed by atoms with Crippen molar-refractivity contribution >= 4 is 31.9 Å². The van der Waals surface area contributed by atoms with Gasteiger partial charge in [0.25, 0.3) is 0 Å². The third-order valence-corrected chi connectivity index (χ3v) is 1.27. The molecule has 44 valence electrons. The molecule has 0 unspecified atom stereocenters. The molecule has 0 aromatic rings. The van der Waals surface area contributed by atoms with Crippen LogP contribution in [-0.4, -0.2) is 14.9 Å². The summed E-state index contributed by atoms with van der Waals surface area (Å²) in [5.74, 6) is 0. The van der Waals surface area contributed by atoms with Gasteiger partial charge in [0.05, 0.1) is 9.84 Å². The summed E-state index contributed by atoms with van der Waals surface area (Å²) >= 11 is 6.46. The van der Waals surface area contributed by atoms with E-state index in [2.05, 4.69) is 31.9 Å². The number of hydrogen-bond donors (Lipinski definition) is 1. The predicted octanol–water partition coefficient (Wildman–Crippen LogP) is 1.87. The Labute approximate surface area is 60.4 Å². The van der Waals surface area contributed by atoms with Crippen LogP contribution in [-0.2, 0) is 0 Å². The lowest BCUT2D eigenvalue weighted by atomic mass is 10.3. The first-order valence-corrected chi connectivity index (χ1v) is 3.92. The summed E-state index contributed by atoms with van der Waals surface area (Å²) in [7, 11) is 0. The second kappa shape index (κ2) is 3.87. The molecule has 3 heteroatoms. The van der Waals surface area contributed by atoms with Crippen molar-refractivity contribution in [2.24, 2.45) is 0 Å². The maximum absolute atomic E-state index is 8.66. The van der Waals surface area contributed by atoms with Gasteiger partial charge in [-0.1, -0.05) is 31.9 Å². The number of aliphatic hydroxyl groups excluding tert-OH is 1. The Balaban J connectivity index is 2.95. The average molecular weight is 232 g/mol. The summed E-state index contributed by atoms with van der Waals surface area (Å²) in [5, 5.41) is 8.66. The molecule has 0 bridgehead atoms. The molecular weight excluding hydrogens is 224 g/mol. The van der Waals surface area contributed by atoms with Gasteiger partial charge in [-0.05, 0) is 13.3 Å². The first kappa shape index (κ1) is 7.92. The van der Waals surface area contributed by atoms with Crippen LogP contribution in [0.5, 0.6) is 0 Å². The molecule has 1 N–H and O–H groups in total. The molecule has 0 spiro atoms. The summed E-state index contributed by atoms with van der Waals surface area (Å²) in [6.45, 7) is 1.76. The van der Waals surface area contributed by atoms with Crippen LogP contribution in [0.1, 0.15) is 13.3 Å². The van der Waals surface area contributed by atoms with Crippen LogP contribution in [0.4, 0.5) is 0 Å². The van der Waals surface area contributed by atoms with Gasteiger partial charge in [-0.3, -0.25) is 0 Å². The highest BCUT2D eigenvalue weighted by Crippen LogP contribution is 2.13. The SMILES string of the molecule is C[C@@H](O)CC(Br)Br. The van der Waals surface area contributed by atoms with E-state index in [-0.39, 0.29) is 9.84 Å². The molecule has 7 heavy (non-hydrogen) atoms. The molecule has 0 rings (SSSR count). The minimum atomic E-state index is -0.219. The highest BCUT2D eigenvalue weighted by atomic mass is 79.9. The van der Waals surface area contributed by atoms with Crippen molar-refractivity contribution in [2.75, 3.05) is 0 Å². The number of aliphatic hydroxyl groups is 1. The van der Waals surface area contributed by atoms with Crippen LogP contribution in [0.2, 0.25) is 0 Å². The number of hydrogen-bond acceptors (Lipinski definition) is 1. The van der Waals surface area contributed by atoms with Crippen molar-refractivity contribution in [2.45, 2.75) is 23.2 Å². The maximum atomic E-state index is 8.66. The van der Waals surface area contributed by atoms with Crippen LogP contribution in [0.15, 0.2) is 0 Å². The van der Waals surface area contributed by atoms with Gasteiger partial charge in [0.2, 0.25) is 0 Å². The first-order chi connectivity index (χ1) is 3.13. The summed E-state index contributed by atoms with van der Waals surface area (Å²) in [5.41, 5.74) is 0. The first-order valence-electron chi connectivity index (χ1n) is 2.09. The molecule has 0 aromatic carbocycles. The molecule has 0 radical (unpaired) electrons. The van der Waals surface area contributed by atoms with Crippen LogP contribution in [0, 0.1) is 0 Å². The minimum Gasteiger partial charge on any atom is -0.393 e. The Morgan fingerprint density at radius 2 is 2.00 bits per heavy atom. The van der Waals surface area contributed by atoms with E-state index in [1.54, 1.807) is 6.92 Å². The standard InChI is InChI=1S/C4H8Br2O/c1-3(7)2-4(5)6/h3-4,7H,2H2,1H3/t3-/m1/s1. The van der Waals surface area contributed by atoms with Gasteiger partial charge in [0.15, 0.2) is 0 Å². The molecule has 0 heterocycles. The fourth-order valence-electron chi connectivity index (χ4n) is 0.258. The van der Waals surface area contributed by atoms with Crippen LogP contribution >= 0.6 is 31.9 Å². The maximum Gasteiger partial charge on any atom is 0.0722 e. The third kappa shape index (κ3) is 6.92. The van der Waals surface area contributed by atoms with Crippen molar-refractivity contribution in [3.63, 3.8) is 0 Å². The van der Waals surface area contributed by atoms with Crippen molar-refractivity contribution in [3.05, 3.63) is 0 Å². The van der Waals surface area contributed by atoms with Gasteiger partial charge in [-0.2, -0.15) is 0 Å². The van der Waals surface area contributed by atoms with Crippen molar-refractivity contribution in [1.82, 2.24) is 0 Å². The van der Waals surface area contributed by atoms with E-state index in [0.717, 1.165) is 6.42 Å². The van der Waals surface area contributed by atoms with E-state index in [1.165, 1.54) is 0 Å². The molecule has 0 aliphatic carbocycles. The topological polar surface area (TPSA) is 20.2 Å². The molecule has 0 aromatic heterocycles. The van der Waals surface area contributed by atoms with E-state index in [4.69, 9.17) is 5.11 Å². The lowest BCUT2D eigenvalue weighted by Crippen LogP contribution is -2.02. The number of alkyl halides is 2. The van der Waals surface area contributed by atoms with Gasteiger partial charge in [-0.25, -0.2) is 0 Å². The molecule has 1 nitrogen and oxygen atoms in total. The zero-order valence-corrected chi connectivity index (χ0v) is 7.24. The average Bonchev–Trinajstić information content (AvgIpc) is 1.27. The predicted molar refractivity (Wildman–Crippen MR) is 37.9 cm³/mol. The lowest BCUT2D eigenvalue weighted by Gasteiger charge is -2.01. The summed E-state index contributed by atoms with van der Waals surface area (Å²) in [4.78, 5) is 0. The van der Waals surface area contributed by atoms with Crippen LogP contribution in [0.25, 0.3) is 0 Å². The van der Waals surface area contributed by atoms with Crippen molar-refractivity contribution in [1.29, 1.82) is 0 Å². The van der Waals surface area contributed by atoms with Gasteiger partial charge in [-0.15, -0.1) is 0 Å². The van der Waals surface area contributed by atoms with Crippen molar-refractivity contribution in [3.8, 4) is 0 Å². The zero-order valence-electron chi connectivity index (χ0n) is 4.06. The Kier molecular flexibility index (Phi) is 4.37. The molecule has 0 amide bonds. The summed E-state index contributed by atoms with van der Waals surface area (Å²) in [6, 6.07) is 0. The second-order valence-electron chi connectivity index (χ2n) is 1.48. The molecule has 0 fully saturated rings. The van der Waals surface area contributed by atoms with Gasteiger partial charge in [0, 0.05) is 0 Å². The molecule has 0 saturated carbocycles. The summed E-state index contributed by atoms with van der Waals surface area (Å²) < 4.78 is 0.250. The minimum absolute atomic E-state index is 0.219. The van der Waals surface area contributed by atoms with E-state index >= 15 is 0 Å². The van der Waals surface area contributed by atoms with E-state index in [0.29, 0.717) is 0 Å². The zero-order chi connectivity index (χ0) is 5.86. The van der Waals surface area contributed by atoms with Gasteiger partial charge >= 0.3 is 0 Å². The Morgan fingerprint density at radius 3 is 2.00 bits per heavy atom. The largest absolute Gasteiger partial charge is 0.393 e. The quantitative estimate of drug-likeness (QED) is 0.720. The van der Waals surface area contributed by atoms with E-state index < -0.39 is 0 Å². The molecule has 0 aliphatic heterocycles. The van der Waals surface area contributed by atoms with Crippen molar-refractivity contribution < 1.29 is 5.11 Å². The fourth-order valence-corrected chi connectivity index (χ4v) is 1.34. The number of rotatable bonds is 2. The lowest BCUT2D eigenvalue weighted by molar-refractivity contribution is 0.191. The van der Waals surface area contributed by atoms with Crippen LogP contribution in [0.3, 0.4) is 0 Å². The van der Waals surface area contributed by atoms with Crippen LogP contribution < -0.4 is 0 Å². The smallest absolute Gasteiger partial charge is 0.0722 e. The monoisotopic (exact) mass is 230 g/mol. The Hall–Kier alpha value is 0.920. The number of halogens is 2. The molecule has 0 saturated heterocycles. The molecule has 0 aliphatic rings. The molecular formula is C4H8Br2O. The third-order valence-electron chi connectivity index (χ3n) is 0.519. The highest BCUT2D eigenvalue weighted by molar-refractivity contribution is 9.24. The second-order valence-corrected chi connectivity index (χ2v) is 4.92. The van der Waals surface area contributed by atoms with Gasteiger partial charge < -0.3 is 5.11 Å². The fraction of sp³-hybridized carbons (Fsp3) is 1.00. The van der Waals surface area contributed by atoms with E-state index in [9.17, 15) is 0 Å². The molecule has 1 atom stereocenters. The summed E-state index contributed by atoms with van der Waals surface area (Å²) in [6.07, 6.45) is 0.531. The normalized spacial score (nSPS) is 15.0. The Bertz CT molecular complexity index is 39.0. The van der Waals surface area contributed by atoms with E-state index in [1.807, 2.05) is 0 Å². The van der Waals surface area contributed by atoms with Gasteiger partial charge in [0.1, 0.15) is 0 Å².